The van der Waals surface area contributed by atoms with Gasteiger partial charge in [0.05, 0.1) is 18.3 Å². The maximum Gasteiger partial charge on any atom is 0.408 e. The van der Waals surface area contributed by atoms with Crippen molar-refractivity contribution in [3.63, 3.8) is 0 Å². The number of hydrogen-bond donors (Lipinski definition) is 4. The van der Waals surface area contributed by atoms with Crippen LogP contribution in [0.25, 0.3) is 0 Å². The largest absolute Gasteiger partial charge is 0.491 e. The fourth-order valence-electron chi connectivity index (χ4n) is 4.46. The molecule has 4 rings (SSSR count). The zero-order valence-corrected chi connectivity index (χ0v) is 20.8. The van der Waals surface area contributed by atoms with E-state index in [-0.39, 0.29) is 30.0 Å². The number of pyridine rings is 2. The second-order valence-corrected chi connectivity index (χ2v) is 9.30. The molecule has 2 unspecified atom stereocenters. The summed E-state index contributed by atoms with van der Waals surface area (Å²) in [4.78, 5) is 38.1. The van der Waals surface area contributed by atoms with Gasteiger partial charge in [-0.05, 0) is 44.4 Å². The van der Waals surface area contributed by atoms with E-state index in [1.807, 2.05) is 5.32 Å². The number of halogens is 3. The average molecular weight is 539 g/mol. The molecule has 2 bridgehead atoms. The molecule has 3 atom stereocenters. The molecule has 2 aliphatic rings. The Morgan fingerprint density at radius 1 is 1.32 bits per heavy atom. The Morgan fingerprint density at radius 2 is 2.08 bits per heavy atom. The molecule has 2 aromatic rings. The minimum atomic E-state index is -4.62. The fraction of sp³-hybridized carbons (Fsp3) is 0.500. The van der Waals surface area contributed by atoms with Crippen LogP contribution in [0.2, 0.25) is 0 Å². The predicted octanol–water partition coefficient (Wildman–Crippen LogP) is 2.22. The molecule has 38 heavy (non-hydrogen) atoms. The number of nitrogens with zero attached hydrogens (tertiary/aromatic N) is 4. The number of anilines is 3. The normalized spacial score (nSPS) is 18.3. The maximum atomic E-state index is 13.5. The molecule has 0 saturated carbocycles. The van der Waals surface area contributed by atoms with E-state index in [1.165, 1.54) is 29.3 Å². The molecule has 11 nitrogen and oxygen atoms in total. The van der Waals surface area contributed by atoms with Crippen LogP contribution in [0.3, 0.4) is 0 Å². The molecule has 0 spiro atoms. The Labute approximate surface area is 216 Å². The SMILES string of the molecule is Cc1cc(C(=O)NC(C)C(F)(F)F)nc2c1N1CCC[C@@H](C1)N2C(=O)Nc1cc(OCC(O)CO)ccn1. The number of ether oxygens (including phenoxy) is 1. The lowest BCUT2D eigenvalue weighted by molar-refractivity contribution is -0.149. The quantitative estimate of drug-likeness (QED) is 0.421. The molecular weight excluding hydrogens is 509 g/mol. The molecular formula is C24H29F3N6O5. The Morgan fingerprint density at radius 3 is 2.79 bits per heavy atom. The summed E-state index contributed by atoms with van der Waals surface area (Å²) in [5.41, 5.74) is 1.01. The number of aliphatic hydroxyl groups is 2. The van der Waals surface area contributed by atoms with Crippen LogP contribution in [0.5, 0.6) is 5.75 Å². The molecule has 4 heterocycles. The van der Waals surface area contributed by atoms with Crippen molar-refractivity contribution in [2.75, 3.05) is 41.4 Å². The van der Waals surface area contributed by atoms with Crippen molar-refractivity contribution in [3.05, 3.63) is 35.7 Å². The van der Waals surface area contributed by atoms with Crippen molar-refractivity contribution in [1.29, 1.82) is 0 Å². The number of aliphatic hydroxyl groups excluding tert-OH is 2. The molecule has 1 fully saturated rings. The van der Waals surface area contributed by atoms with Crippen molar-refractivity contribution in [1.82, 2.24) is 15.3 Å². The second-order valence-electron chi connectivity index (χ2n) is 9.30. The first kappa shape index (κ1) is 27.4. The molecule has 206 valence electrons. The highest BCUT2D eigenvalue weighted by atomic mass is 19.4. The Hall–Kier alpha value is -3.65. The summed E-state index contributed by atoms with van der Waals surface area (Å²) in [5.74, 6) is -0.363. The maximum absolute atomic E-state index is 13.5. The van der Waals surface area contributed by atoms with E-state index in [0.717, 1.165) is 19.9 Å². The zero-order valence-electron chi connectivity index (χ0n) is 20.8. The van der Waals surface area contributed by atoms with Gasteiger partial charge in [-0.1, -0.05) is 0 Å². The van der Waals surface area contributed by atoms with Crippen molar-refractivity contribution >= 4 is 29.3 Å². The number of aromatic nitrogens is 2. The van der Waals surface area contributed by atoms with Gasteiger partial charge in [0, 0.05) is 25.4 Å². The number of urea groups is 1. The van der Waals surface area contributed by atoms with Gasteiger partial charge in [-0.25, -0.2) is 14.8 Å². The van der Waals surface area contributed by atoms with Gasteiger partial charge in [0.2, 0.25) is 0 Å². The molecule has 4 N–H and O–H groups in total. The van der Waals surface area contributed by atoms with Gasteiger partial charge in [0.15, 0.2) is 5.82 Å². The molecule has 0 aromatic carbocycles. The number of rotatable bonds is 7. The molecule has 3 amide bonds. The van der Waals surface area contributed by atoms with E-state index >= 15 is 0 Å². The summed E-state index contributed by atoms with van der Waals surface area (Å²) in [6.07, 6.45) is -2.81. The number of fused-ring (bicyclic) bond motifs is 4. The van der Waals surface area contributed by atoms with Crippen molar-refractivity contribution in [2.45, 2.75) is 51.1 Å². The molecule has 14 heteroatoms. The van der Waals surface area contributed by atoms with Crippen LogP contribution >= 0.6 is 0 Å². The highest BCUT2D eigenvalue weighted by molar-refractivity contribution is 6.05. The van der Waals surface area contributed by atoms with Crippen LogP contribution in [0, 0.1) is 6.92 Å². The first-order valence-corrected chi connectivity index (χ1v) is 12.1. The smallest absolute Gasteiger partial charge is 0.408 e. The monoisotopic (exact) mass is 538 g/mol. The van der Waals surface area contributed by atoms with E-state index in [2.05, 4.69) is 20.2 Å². The van der Waals surface area contributed by atoms with Crippen LogP contribution in [0.1, 0.15) is 35.8 Å². The van der Waals surface area contributed by atoms with Crippen LogP contribution in [0.4, 0.5) is 35.3 Å². The third-order valence-electron chi connectivity index (χ3n) is 6.38. The number of hydrogen-bond acceptors (Lipinski definition) is 8. The summed E-state index contributed by atoms with van der Waals surface area (Å²) in [6.45, 7) is 3.19. The van der Waals surface area contributed by atoms with E-state index in [1.54, 1.807) is 6.92 Å². The van der Waals surface area contributed by atoms with Gasteiger partial charge in [0.25, 0.3) is 5.91 Å². The Bertz CT molecular complexity index is 1200. The number of carbonyl (C=O) groups is 2. The van der Waals surface area contributed by atoms with Crippen LogP contribution in [-0.2, 0) is 0 Å². The van der Waals surface area contributed by atoms with E-state index in [0.29, 0.717) is 30.0 Å². The molecule has 2 aliphatic heterocycles. The summed E-state index contributed by atoms with van der Waals surface area (Å²) >= 11 is 0. The first-order chi connectivity index (χ1) is 18.0. The summed E-state index contributed by atoms with van der Waals surface area (Å²) in [6, 6.07) is 1.45. The lowest BCUT2D eigenvalue weighted by atomic mass is 9.98. The third-order valence-corrected chi connectivity index (χ3v) is 6.38. The van der Waals surface area contributed by atoms with Crippen LogP contribution < -0.4 is 25.2 Å². The molecule has 2 aromatic heterocycles. The molecule has 0 radical (unpaired) electrons. The van der Waals surface area contributed by atoms with Crippen LogP contribution in [-0.4, -0.2) is 82.8 Å². The first-order valence-electron chi connectivity index (χ1n) is 12.1. The lowest BCUT2D eigenvalue weighted by Gasteiger charge is -2.46. The van der Waals surface area contributed by atoms with Crippen LogP contribution in [0.15, 0.2) is 24.4 Å². The number of piperidine rings is 1. The van der Waals surface area contributed by atoms with Gasteiger partial charge < -0.3 is 25.2 Å². The number of amides is 3. The third kappa shape index (κ3) is 5.91. The highest BCUT2D eigenvalue weighted by Gasteiger charge is 2.41. The van der Waals surface area contributed by atoms with Crippen molar-refractivity contribution in [2.24, 2.45) is 0 Å². The zero-order chi connectivity index (χ0) is 27.6. The molecule has 0 aliphatic carbocycles. The molecule has 1 saturated heterocycles. The van der Waals surface area contributed by atoms with Gasteiger partial charge in [-0.3, -0.25) is 15.0 Å². The summed E-state index contributed by atoms with van der Waals surface area (Å²) in [5, 5.41) is 23.0. The minimum absolute atomic E-state index is 0.149. The highest BCUT2D eigenvalue weighted by Crippen LogP contribution is 2.40. The number of nitrogens with one attached hydrogen (secondary N) is 2. The minimum Gasteiger partial charge on any atom is -0.491 e. The lowest BCUT2D eigenvalue weighted by Crippen LogP contribution is -2.56. The Kier molecular flexibility index (Phi) is 7.92. The summed E-state index contributed by atoms with van der Waals surface area (Å²) < 4.78 is 44.4. The predicted molar refractivity (Wildman–Crippen MR) is 132 cm³/mol. The van der Waals surface area contributed by atoms with Gasteiger partial charge >= 0.3 is 12.2 Å². The van der Waals surface area contributed by atoms with Gasteiger partial charge in [-0.2, -0.15) is 13.2 Å². The topological polar surface area (TPSA) is 140 Å². The number of carbonyl (C=O) groups excluding carboxylic acids is 2. The van der Waals surface area contributed by atoms with Gasteiger partial charge in [-0.15, -0.1) is 0 Å². The average Bonchev–Trinajstić information content (AvgIpc) is 2.86. The summed E-state index contributed by atoms with van der Waals surface area (Å²) in [7, 11) is 0. The van der Waals surface area contributed by atoms with E-state index in [9.17, 15) is 27.9 Å². The number of aryl methyl sites for hydroxylation is 1. The van der Waals surface area contributed by atoms with E-state index in [4.69, 9.17) is 9.84 Å². The second kappa shape index (κ2) is 11.0. The van der Waals surface area contributed by atoms with E-state index < -0.39 is 36.9 Å². The van der Waals surface area contributed by atoms with Gasteiger partial charge in [0.1, 0.15) is 36.0 Å². The van der Waals surface area contributed by atoms with Crippen molar-refractivity contribution in [3.8, 4) is 5.75 Å². The standard InChI is InChI=1S/C24H29F3N6O5/c1-13-8-18(22(36)29-14(2)24(25,26)27)30-21-20(13)32-7-3-4-15(10-32)33(21)23(37)31-19-9-17(5-6-28-19)38-12-16(35)11-34/h5-6,8-9,14-16,34-35H,3-4,7,10-12H2,1-2H3,(H,29,36)(H,28,31,37)/t14?,15-,16?/m0/s1. The number of alkyl halides is 3. The van der Waals surface area contributed by atoms with Crippen molar-refractivity contribution < 1.29 is 37.7 Å². The Balaban J connectivity index is 1.62. The fourth-order valence-corrected chi connectivity index (χ4v) is 4.46.